The zero-order chi connectivity index (χ0) is 17.1. The Bertz CT molecular complexity index is 517. The van der Waals surface area contributed by atoms with Crippen molar-refractivity contribution in [2.24, 2.45) is 10.9 Å². The van der Waals surface area contributed by atoms with E-state index in [9.17, 15) is 4.79 Å². The predicted molar refractivity (Wildman–Crippen MR) is 113 cm³/mol. The number of hydrogen-bond acceptors (Lipinski definition) is 2. The largest absolute Gasteiger partial charge is 0.357 e. The van der Waals surface area contributed by atoms with Crippen LogP contribution in [0.15, 0.2) is 29.3 Å². The molecule has 0 saturated carbocycles. The minimum atomic E-state index is -0.0641. The van der Waals surface area contributed by atoms with Gasteiger partial charge in [-0.3, -0.25) is 4.79 Å². The molecule has 0 aliphatic rings. The van der Waals surface area contributed by atoms with Gasteiger partial charge < -0.3 is 16.0 Å². The van der Waals surface area contributed by atoms with Gasteiger partial charge in [0.1, 0.15) is 0 Å². The minimum Gasteiger partial charge on any atom is -0.357 e. The van der Waals surface area contributed by atoms with Crippen LogP contribution in [0.1, 0.15) is 46.1 Å². The maximum Gasteiger partial charge on any atom is 0.221 e. The van der Waals surface area contributed by atoms with Gasteiger partial charge >= 0.3 is 0 Å². The van der Waals surface area contributed by atoms with Gasteiger partial charge in [0.05, 0.1) is 6.54 Å². The van der Waals surface area contributed by atoms with Crippen molar-refractivity contribution >= 4 is 41.5 Å². The van der Waals surface area contributed by atoms with Crippen molar-refractivity contribution in [1.29, 1.82) is 0 Å². The molecule has 0 spiro atoms. The molecule has 0 saturated heterocycles. The van der Waals surface area contributed by atoms with Gasteiger partial charge in [-0.15, -0.1) is 24.0 Å². The third-order valence-electron chi connectivity index (χ3n) is 3.26. The lowest BCUT2D eigenvalue weighted by Crippen LogP contribution is -2.37. The van der Waals surface area contributed by atoms with E-state index >= 15 is 0 Å². The second-order valence-corrected chi connectivity index (χ2v) is 6.04. The Morgan fingerprint density at radius 1 is 1.25 bits per heavy atom. The van der Waals surface area contributed by atoms with Crippen LogP contribution in [-0.4, -0.2) is 25.0 Å². The molecule has 6 heteroatoms. The van der Waals surface area contributed by atoms with Crippen molar-refractivity contribution in [2.75, 3.05) is 18.4 Å². The Hall–Kier alpha value is -1.31. The maximum atomic E-state index is 11.1. The monoisotopic (exact) mass is 446 g/mol. The Morgan fingerprint density at radius 3 is 2.62 bits per heavy atom. The lowest BCUT2D eigenvalue weighted by Gasteiger charge is -2.12. The summed E-state index contributed by atoms with van der Waals surface area (Å²) in [7, 11) is 0. The maximum absolute atomic E-state index is 11.1. The number of carbonyl (C=O) groups is 1. The summed E-state index contributed by atoms with van der Waals surface area (Å²) < 4.78 is 0. The van der Waals surface area contributed by atoms with E-state index in [0.717, 1.165) is 42.6 Å². The summed E-state index contributed by atoms with van der Waals surface area (Å²) in [6.07, 6.45) is 2.35. The van der Waals surface area contributed by atoms with Crippen LogP contribution >= 0.6 is 24.0 Å². The lowest BCUT2D eigenvalue weighted by atomic mass is 10.1. The van der Waals surface area contributed by atoms with Crippen LogP contribution in [0.2, 0.25) is 0 Å². The second kappa shape index (κ2) is 13.0. The molecule has 5 nitrogen and oxygen atoms in total. The number of carbonyl (C=O) groups excluding carboxylic acids is 1. The number of benzene rings is 1. The van der Waals surface area contributed by atoms with Crippen LogP contribution in [0, 0.1) is 5.92 Å². The van der Waals surface area contributed by atoms with E-state index in [-0.39, 0.29) is 29.9 Å². The number of anilines is 1. The van der Waals surface area contributed by atoms with Crippen LogP contribution in [0.3, 0.4) is 0 Å². The molecule has 1 rings (SSSR count). The molecule has 0 bridgehead atoms. The summed E-state index contributed by atoms with van der Waals surface area (Å²) in [6, 6.07) is 7.77. The Balaban J connectivity index is 0.00000529. The molecule has 0 unspecified atom stereocenters. The van der Waals surface area contributed by atoms with Gasteiger partial charge in [0.25, 0.3) is 0 Å². The minimum absolute atomic E-state index is 0. The number of aliphatic imine (C=N–C) groups is 1. The van der Waals surface area contributed by atoms with Gasteiger partial charge in [-0.05, 0) is 43.4 Å². The molecule has 0 heterocycles. The summed E-state index contributed by atoms with van der Waals surface area (Å²) in [4.78, 5) is 15.7. The van der Waals surface area contributed by atoms with Crippen molar-refractivity contribution in [2.45, 2.75) is 47.1 Å². The molecular weight excluding hydrogens is 415 g/mol. The topological polar surface area (TPSA) is 65.5 Å². The summed E-state index contributed by atoms with van der Waals surface area (Å²) >= 11 is 0. The van der Waals surface area contributed by atoms with E-state index in [4.69, 9.17) is 0 Å². The quantitative estimate of drug-likeness (QED) is 0.247. The first-order chi connectivity index (χ1) is 11.0. The first kappa shape index (κ1) is 22.7. The highest BCUT2D eigenvalue weighted by Crippen LogP contribution is 2.11. The van der Waals surface area contributed by atoms with Crippen LogP contribution < -0.4 is 16.0 Å². The van der Waals surface area contributed by atoms with E-state index in [0.29, 0.717) is 6.54 Å². The predicted octanol–water partition coefficient (Wildman–Crippen LogP) is 3.75. The Labute approximate surface area is 163 Å². The molecule has 1 aromatic carbocycles. The van der Waals surface area contributed by atoms with Crippen molar-refractivity contribution < 1.29 is 4.79 Å². The van der Waals surface area contributed by atoms with Crippen molar-refractivity contribution in [3.05, 3.63) is 29.8 Å². The summed E-state index contributed by atoms with van der Waals surface area (Å²) in [5, 5.41) is 9.41. The summed E-state index contributed by atoms with van der Waals surface area (Å²) in [5.74, 6) is 1.50. The smallest absolute Gasteiger partial charge is 0.221 e. The zero-order valence-electron chi connectivity index (χ0n) is 15.2. The Kier molecular flexibility index (Phi) is 12.3. The number of halogens is 1. The van der Waals surface area contributed by atoms with Crippen LogP contribution in [0.5, 0.6) is 0 Å². The average Bonchev–Trinajstić information content (AvgIpc) is 2.48. The van der Waals surface area contributed by atoms with Gasteiger partial charge in [0.2, 0.25) is 5.91 Å². The van der Waals surface area contributed by atoms with E-state index in [1.165, 1.54) is 13.3 Å². The highest BCUT2D eigenvalue weighted by molar-refractivity contribution is 14.0. The molecule has 0 radical (unpaired) electrons. The standard InChI is InChI=1S/C18H30N4O.HI/c1-5-19-18(20-11-7-8-14(2)3)21-13-16-9-6-10-17(12-16)22-15(4)23;/h6,9-10,12,14H,5,7-8,11,13H2,1-4H3,(H,22,23)(H2,19,20,21);1H. The fraction of sp³-hybridized carbons (Fsp3) is 0.556. The third-order valence-corrected chi connectivity index (χ3v) is 3.26. The summed E-state index contributed by atoms with van der Waals surface area (Å²) in [5.41, 5.74) is 1.87. The first-order valence-electron chi connectivity index (χ1n) is 8.40. The molecule has 24 heavy (non-hydrogen) atoms. The molecule has 0 aliphatic heterocycles. The highest BCUT2D eigenvalue weighted by Gasteiger charge is 2.00. The number of rotatable bonds is 8. The molecule has 1 aromatic rings. The molecule has 136 valence electrons. The number of hydrogen-bond donors (Lipinski definition) is 3. The van der Waals surface area contributed by atoms with E-state index in [1.54, 1.807) is 0 Å². The molecule has 0 aromatic heterocycles. The van der Waals surface area contributed by atoms with Gasteiger partial charge in [-0.25, -0.2) is 4.99 Å². The first-order valence-corrected chi connectivity index (χ1v) is 8.40. The SMILES string of the molecule is CCNC(=NCc1cccc(NC(C)=O)c1)NCCCC(C)C.I. The van der Waals surface area contributed by atoms with Crippen LogP contribution in [-0.2, 0) is 11.3 Å². The molecule has 1 amide bonds. The number of guanidine groups is 1. The molecule has 0 aliphatic carbocycles. The van der Waals surface area contributed by atoms with E-state index in [1.807, 2.05) is 24.3 Å². The van der Waals surface area contributed by atoms with Crippen molar-refractivity contribution in [1.82, 2.24) is 10.6 Å². The van der Waals surface area contributed by atoms with Gasteiger partial charge in [0, 0.05) is 25.7 Å². The van der Waals surface area contributed by atoms with Gasteiger partial charge in [-0.2, -0.15) is 0 Å². The fourth-order valence-corrected chi connectivity index (χ4v) is 2.18. The lowest BCUT2D eigenvalue weighted by molar-refractivity contribution is -0.114. The zero-order valence-corrected chi connectivity index (χ0v) is 17.5. The van der Waals surface area contributed by atoms with Gasteiger partial charge in [0.15, 0.2) is 5.96 Å². The van der Waals surface area contributed by atoms with E-state index in [2.05, 4.69) is 41.7 Å². The molecular formula is C18H31IN4O. The second-order valence-electron chi connectivity index (χ2n) is 6.04. The van der Waals surface area contributed by atoms with Crippen LogP contribution in [0.25, 0.3) is 0 Å². The van der Waals surface area contributed by atoms with Crippen molar-refractivity contribution in [3.63, 3.8) is 0 Å². The number of nitrogens with zero attached hydrogens (tertiary/aromatic N) is 1. The van der Waals surface area contributed by atoms with Crippen molar-refractivity contribution in [3.8, 4) is 0 Å². The third kappa shape index (κ3) is 10.5. The molecule has 0 fully saturated rings. The normalized spacial score (nSPS) is 11.0. The summed E-state index contributed by atoms with van der Waals surface area (Å²) in [6.45, 7) is 10.4. The van der Waals surface area contributed by atoms with E-state index < -0.39 is 0 Å². The average molecular weight is 446 g/mol. The number of nitrogens with one attached hydrogen (secondary N) is 3. The molecule has 0 atom stereocenters. The fourth-order valence-electron chi connectivity index (χ4n) is 2.18. The highest BCUT2D eigenvalue weighted by atomic mass is 127. The molecule has 3 N–H and O–H groups in total. The van der Waals surface area contributed by atoms with Crippen LogP contribution in [0.4, 0.5) is 5.69 Å². The Morgan fingerprint density at radius 2 is 2.00 bits per heavy atom. The number of amides is 1. The van der Waals surface area contributed by atoms with Gasteiger partial charge in [-0.1, -0.05) is 26.0 Å².